The third-order valence-electron chi connectivity index (χ3n) is 4.71. The number of aryl methyl sites for hydroxylation is 2. The van der Waals surface area contributed by atoms with E-state index < -0.39 is 0 Å². The van der Waals surface area contributed by atoms with Crippen LogP contribution < -0.4 is 5.73 Å². The summed E-state index contributed by atoms with van der Waals surface area (Å²) in [5.41, 5.74) is 9.18. The monoisotopic (exact) mass is 384 g/mol. The van der Waals surface area contributed by atoms with Gasteiger partial charge in [0.25, 0.3) is 0 Å². The van der Waals surface area contributed by atoms with Gasteiger partial charge in [0.2, 0.25) is 5.91 Å². The van der Waals surface area contributed by atoms with Crippen molar-refractivity contribution < 1.29 is 4.79 Å². The van der Waals surface area contributed by atoms with Crippen molar-refractivity contribution in [3.63, 3.8) is 0 Å². The summed E-state index contributed by atoms with van der Waals surface area (Å²) in [5, 5.41) is 4.38. The van der Waals surface area contributed by atoms with Gasteiger partial charge in [-0.25, -0.2) is 0 Å². The fourth-order valence-electron chi connectivity index (χ4n) is 3.45. The summed E-state index contributed by atoms with van der Waals surface area (Å²) in [6.07, 6.45) is 0. The molecule has 0 unspecified atom stereocenters. The molecule has 0 aliphatic carbocycles. The first-order chi connectivity index (χ1) is 11.1. The molecular weight excluding hydrogens is 359 g/mol. The minimum absolute atomic E-state index is 0. The highest BCUT2D eigenvalue weighted by molar-refractivity contribution is 5.85. The van der Waals surface area contributed by atoms with Crippen molar-refractivity contribution in [2.45, 2.75) is 26.3 Å². The van der Waals surface area contributed by atoms with Gasteiger partial charge in [0.15, 0.2) is 0 Å². The lowest BCUT2D eigenvalue weighted by Gasteiger charge is -2.17. The number of halogens is 2. The highest BCUT2D eigenvalue weighted by Crippen LogP contribution is 2.32. The van der Waals surface area contributed by atoms with Crippen molar-refractivity contribution in [3.8, 4) is 0 Å². The second kappa shape index (κ2) is 9.22. The molecule has 2 heterocycles. The summed E-state index contributed by atoms with van der Waals surface area (Å²) >= 11 is 0. The van der Waals surface area contributed by atoms with E-state index in [0.29, 0.717) is 24.9 Å². The van der Waals surface area contributed by atoms with Gasteiger partial charge in [-0.2, -0.15) is 5.10 Å². The number of nitrogens with two attached hydrogens (primary N) is 1. The predicted molar refractivity (Wildman–Crippen MR) is 105 cm³/mol. The third-order valence-corrected chi connectivity index (χ3v) is 4.71. The molecule has 2 aromatic rings. The lowest BCUT2D eigenvalue weighted by Crippen LogP contribution is -2.33. The van der Waals surface area contributed by atoms with Crippen LogP contribution in [0.4, 0.5) is 0 Å². The van der Waals surface area contributed by atoms with Gasteiger partial charge >= 0.3 is 0 Å². The Morgan fingerprint density at radius 2 is 1.88 bits per heavy atom. The molecule has 1 saturated heterocycles. The number of rotatable bonds is 4. The SMILES string of the molecule is Cc1cc(C)n(CC(=O)N2C[C@@H](CN)[C@H](c3ccccc3)C2)n1.Cl.Cl. The number of amides is 1. The van der Waals surface area contributed by atoms with Crippen molar-refractivity contribution in [1.29, 1.82) is 0 Å². The highest BCUT2D eigenvalue weighted by Gasteiger charge is 2.35. The van der Waals surface area contributed by atoms with Crippen LogP contribution in [0.15, 0.2) is 36.4 Å². The molecule has 1 aromatic heterocycles. The molecule has 138 valence electrons. The van der Waals surface area contributed by atoms with Crippen molar-refractivity contribution in [1.82, 2.24) is 14.7 Å². The molecule has 2 atom stereocenters. The van der Waals surface area contributed by atoms with Crippen LogP contribution in [-0.4, -0.2) is 40.2 Å². The van der Waals surface area contributed by atoms with Crippen LogP contribution in [0.3, 0.4) is 0 Å². The second-order valence-corrected chi connectivity index (χ2v) is 6.40. The van der Waals surface area contributed by atoms with E-state index >= 15 is 0 Å². The van der Waals surface area contributed by atoms with Gasteiger partial charge < -0.3 is 10.6 Å². The van der Waals surface area contributed by atoms with E-state index in [-0.39, 0.29) is 30.7 Å². The third kappa shape index (κ3) is 4.75. The first-order valence-electron chi connectivity index (χ1n) is 8.12. The van der Waals surface area contributed by atoms with Crippen LogP contribution in [-0.2, 0) is 11.3 Å². The molecule has 0 radical (unpaired) electrons. The molecular formula is C18H26Cl2N4O. The molecule has 1 aromatic carbocycles. The minimum atomic E-state index is 0. The Kier molecular flexibility index (Phi) is 7.93. The van der Waals surface area contributed by atoms with E-state index in [4.69, 9.17) is 5.73 Å². The van der Waals surface area contributed by atoms with Crippen molar-refractivity contribution in [2.24, 2.45) is 11.7 Å². The van der Waals surface area contributed by atoms with Gasteiger partial charge in [-0.3, -0.25) is 9.48 Å². The first-order valence-corrected chi connectivity index (χ1v) is 8.12. The Bertz CT molecular complexity index is 690. The standard InChI is InChI=1S/C18H24N4O.2ClH/c1-13-8-14(2)22(20-13)12-18(23)21-10-16(9-19)17(11-21)15-6-4-3-5-7-15;;/h3-8,16-17H,9-12,19H2,1-2H3;2*1H/t16-,17+;;/m1../s1. The summed E-state index contributed by atoms with van der Waals surface area (Å²) in [5.74, 6) is 0.764. The van der Waals surface area contributed by atoms with Crippen LogP contribution in [0.2, 0.25) is 0 Å². The average molecular weight is 385 g/mol. The fraction of sp³-hybridized carbons (Fsp3) is 0.444. The summed E-state index contributed by atoms with van der Waals surface area (Å²) in [6.45, 7) is 6.30. The van der Waals surface area contributed by atoms with E-state index in [1.54, 1.807) is 4.68 Å². The Hall–Kier alpha value is -1.56. The zero-order valence-electron chi connectivity index (χ0n) is 14.6. The maximum Gasteiger partial charge on any atom is 0.244 e. The van der Waals surface area contributed by atoms with Gasteiger partial charge in [-0.1, -0.05) is 30.3 Å². The largest absolute Gasteiger partial charge is 0.340 e. The molecule has 0 bridgehead atoms. The van der Waals surface area contributed by atoms with Crippen LogP contribution in [0.25, 0.3) is 0 Å². The zero-order valence-corrected chi connectivity index (χ0v) is 16.2. The van der Waals surface area contributed by atoms with E-state index in [1.165, 1.54) is 5.56 Å². The molecule has 3 rings (SSSR count). The normalized spacial score (nSPS) is 19.2. The molecule has 0 saturated carbocycles. The highest BCUT2D eigenvalue weighted by atomic mass is 35.5. The molecule has 2 N–H and O–H groups in total. The molecule has 1 fully saturated rings. The predicted octanol–water partition coefficient (Wildman–Crippen LogP) is 2.54. The van der Waals surface area contributed by atoms with E-state index in [0.717, 1.165) is 24.5 Å². The summed E-state index contributed by atoms with van der Waals surface area (Å²) in [4.78, 5) is 14.6. The molecule has 1 amide bonds. The maximum atomic E-state index is 12.6. The molecule has 7 heteroatoms. The Labute approximate surface area is 161 Å². The van der Waals surface area contributed by atoms with Gasteiger partial charge in [-0.05, 0) is 37.9 Å². The van der Waals surface area contributed by atoms with Crippen molar-refractivity contribution in [3.05, 3.63) is 53.3 Å². The number of nitrogens with zero attached hydrogens (tertiary/aromatic N) is 3. The number of carbonyl (C=O) groups excluding carboxylic acids is 1. The maximum absolute atomic E-state index is 12.6. The van der Waals surface area contributed by atoms with E-state index in [9.17, 15) is 4.79 Å². The van der Waals surface area contributed by atoms with Crippen LogP contribution in [0.5, 0.6) is 0 Å². The average Bonchev–Trinajstić information content (AvgIpc) is 3.11. The molecule has 1 aliphatic heterocycles. The summed E-state index contributed by atoms with van der Waals surface area (Å²) < 4.78 is 1.78. The van der Waals surface area contributed by atoms with Gasteiger partial charge in [-0.15, -0.1) is 24.8 Å². The van der Waals surface area contributed by atoms with Crippen LogP contribution >= 0.6 is 24.8 Å². The van der Waals surface area contributed by atoms with E-state index in [2.05, 4.69) is 17.2 Å². The summed E-state index contributed by atoms with van der Waals surface area (Å²) in [6, 6.07) is 12.4. The number of aromatic nitrogens is 2. The smallest absolute Gasteiger partial charge is 0.244 e. The number of likely N-dealkylation sites (tertiary alicyclic amines) is 1. The Morgan fingerprint density at radius 3 is 2.44 bits per heavy atom. The lowest BCUT2D eigenvalue weighted by atomic mass is 9.89. The lowest BCUT2D eigenvalue weighted by molar-refractivity contribution is -0.131. The number of hydrogen-bond donors (Lipinski definition) is 1. The first kappa shape index (κ1) is 21.5. The zero-order chi connectivity index (χ0) is 16.4. The van der Waals surface area contributed by atoms with Crippen LogP contribution in [0, 0.1) is 19.8 Å². The van der Waals surface area contributed by atoms with Crippen molar-refractivity contribution in [2.75, 3.05) is 19.6 Å². The number of hydrogen-bond acceptors (Lipinski definition) is 3. The Balaban J connectivity index is 0.00000156. The molecule has 5 nitrogen and oxygen atoms in total. The Morgan fingerprint density at radius 1 is 1.20 bits per heavy atom. The molecule has 0 spiro atoms. The minimum Gasteiger partial charge on any atom is -0.340 e. The quantitative estimate of drug-likeness (QED) is 0.880. The second-order valence-electron chi connectivity index (χ2n) is 6.40. The topological polar surface area (TPSA) is 64.2 Å². The van der Waals surface area contributed by atoms with E-state index in [1.807, 2.05) is 43.0 Å². The number of carbonyl (C=O) groups is 1. The van der Waals surface area contributed by atoms with Gasteiger partial charge in [0, 0.05) is 24.7 Å². The van der Waals surface area contributed by atoms with Crippen LogP contribution in [0.1, 0.15) is 22.9 Å². The number of benzene rings is 1. The fourth-order valence-corrected chi connectivity index (χ4v) is 3.45. The van der Waals surface area contributed by atoms with Gasteiger partial charge in [0.05, 0.1) is 5.69 Å². The molecule has 1 aliphatic rings. The summed E-state index contributed by atoms with van der Waals surface area (Å²) in [7, 11) is 0. The van der Waals surface area contributed by atoms with Gasteiger partial charge in [0.1, 0.15) is 6.54 Å². The molecule has 25 heavy (non-hydrogen) atoms. The van der Waals surface area contributed by atoms with Crippen molar-refractivity contribution >= 4 is 30.7 Å².